The fourth-order valence-corrected chi connectivity index (χ4v) is 1.72. The lowest BCUT2D eigenvalue weighted by atomic mass is 10.2. The van der Waals surface area contributed by atoms with Crippen LogP contribution in [-0.4, -0.2) is 37.4 Å². The van der Waals surface area contributed by atoms with E-state index in [0.717, 1.165) is 5.56 Å². The van der Waals surface area contributed by atoms with Crippen molar-refractivity contribution in [2.45, 2.75) is 26.0 Å². The standard InChI is InChI=1S/C14H21NO4/c1-3-15-13(14(17)18-2)7-8-19-12-6-4-5-11(9-12)10-16/h4-6,9,13,15-16H,3,7-8,10H2,1-2H3. The molecule has 0 aliphatic carbocycles. The highest BCUT2D eigenvalue weighted by atomic mass is 16.5. The summed E-state index contributed by atoms with van der Waals surface area (Å²) in [5, 5.41) is 12.1. The van der Waals surface area contributed by atoms with Crippen molar-refractivity contribution in [3.05, 3.63) is 29.8 Å². The van der Waals surface area contributed by atoms with Gasteiger partial charge in [0.25, 0.3) is 0 Å². The summed E-state index contributed by atoms with van der Waals surface area (Å²) in [4.78, 5) is 11.5. The Bertz CT molecular complexity index is 395. The van der Waals surface area contributed by atoms with Gasteiger partial charge in [-0.25, -0.2) is 0 Å². The molecule has 0 heterocycles. The summed E-state index contributed by atoms with van der Waals surface area (Å²) >= 11 is 0. The molecule has 0 aliphatic rings. The Balaban J connectivity index is 2.44. The van der Waals surface area contributed by atoms with Crippen LogP contribution in [0.25, 0.3) is 0 Å². The molecular formula is C14H21NO4. The number of rotatable bonds is 8. The number of nitrogens with one attached hydrogen (secondary N) is 1. The average molecular weight is 267 g/mol. The zero-order valence-corrected chi connectivity index (χ0v) is 11.4. The maximum absolute atomic E-state index is 11.5. The first-order valence-corrected chi connectivity index (χ1v) is 6.35. The van der Waals surface area contributed by atoms with Crippen molar-refractivity contribution in [2.24, 2.45) is 0 Å². The summed E-state index contributed by atoms with van der Waals surface area (Å²) in [7, 11) is 1.37. The van der Waals surface area contributed by atoms with Gasteiger partial charge < -0.3 is 19.9 Å². The minimum atomic E-state index is -0.351. The van der Waals surface area contributed by atoms with Gasteiger partial charge in [0, 0.05) is 6.42 Å². The number of hydrogen-bond acceptors (Lipinski definition) is 5. The van der Waals surface area contributed by atoms with Crippen LogP contribution in [0.15, 0.2) is 24.3 Å². The molecule has 1 aromatic rings. The molecule has 106 valence electrons. The first kappa shape index (κ1) is 15.5. The smallest absolute Gasteiger partial charge is 0.322 e. The van der Waals surface area contributed by atoms with E-state index in [0.29, 0.717) is 25.3 Å². The highest BCUT2D eigenvalue weighted by molar-refractivity contribution is 5.75. The van der Waals surface area contributed by atoms with E-state index in [1.54, 1.807) is 6.07 Å². The molecule has 0 fully saturated rings. The number of likely N-dealkylation sites (N-methyl/N-ethyl adjacent to an activating group) is 1. The highest BCUT2D eigenvalue weighted by Crippen LogP contribution is 2.13. The van der Waals surface area contributed by atoms with Crippen molar-refractivity contribution in [3.8, 4) is 5.75 Å². The molecule has 1 atom stereocenters. The normalized spacial score (nSPS) is 11.9. The van der Waals surface area contributed by atoms with E-state index in [1.807, 2.05) is 25.1 Å². The number of ether oxygens (including phenoxy) is 2. The lowest BCUT2D eigenvalue weighted by Crippen LogP contribution is -2.38. The van der Waals surface area contributed by atoms with Crippen LogP contribution in [0, 0.1) is 0 Å². The van der Waals surface area contributed by atoms with Crippen LogP contribution < -0.4 is 10.1 Å². The van der Waals surface area contributed by atoms with E-state index in [-0.39, 0.29) is 18.6 Å². The van der Waals surface area contributed by atoms with Crippen molar-refractivity contribution in [1.29, 1.82) is 0 Å². The number of methoxy groups -OCH3 is 1. The molecule has 1 unspecified atom stereocenters. The van der Waals surface area contributed by atoms with E-state index in [4.69, 9.17) is 14.6 Å². The minimum absolute atomic E-state index is 0.0145. The summed E-state index contributed by atoms with van der Waals surface area (Å²) in [6, 6.07) is 6.89. The number of hydrogen-bond donors (Lipinski definition) is 2. The zero-order chi connectivity index (χ0) is 14.1. The van der Waals surface area contributed by atoms with Gasteiger partial charge in [0.15, 0.2) is 0 Å². The molecule has 5 nitrogen and oxygen atoms in total. The zero-order valence-electron chi connectivity index (χ0n) is 11.4. The van der Waals surface area contributed by atoms with Crippen molar-refractivity contribution < 1.29 is 19.4 Å². The molecule has 2 N–H and O–H groups in total. The number of carbonyl (C=O) groups is 1. The van der Waals surface area contributed by atoms with Gasteiger partial charge in [0.1, 0.15) is 11.8 Å². The fourth-order valence-electron chi connectivity index (χ4n) is 1.72. The fraction of sp³-hybridized carbons (Fsp3) is 0.500. The molecule has 0 saturated heterocycles. The number of benzene rings is 1. The quantitative estimate of drug-likeness (QED) is 0.690. The highest BCUT2D eigenvalue weighted by Gasteiger charge is 2.17. The molecule has 1 rings (SSSR count). The first-order valence-electron chi connectivity index (χ1n) is 6.35. The Kier molecular flexibility index (Phi) is 6.92. The Morgan fingerprint density at radius 1 is 1.47 bits per heavy atom. The van der Waals surface area contributed by atoms with Gasteiger partial charge in [-0.2, -0.15) is 0 Å². The molecule has 0 aromatic heterocycles. The topological polar surface area (TPSA) is 67.8 Å². The third kappa shape index (κ3) is 5.28. The lowest BCUT2D eigenvalue weighted by molar-refractivity contribution is -0.143. The lowest BCUT2D eigenvalue weighted by Gasteiger charge is -2.15. The maximum atomic E-state index is 11.5. The van der Waals surface area contributed by atoms with E-state index in [1.165, 1.54) is 7.11 Å². The van der Waals surface area contributed by atoms with Crippen LogP contribution in [0.3, 0.4) is 0 Å². The molecule has 0 spiro atoms. The molecule has 0 radical (unpaired) electrons. The van der Waals surface area contributed by atoms with Gasteiger partial charge >= 0.3 is 5.97 Å². The Morgan fingerprint density at radius 2 is 2.26 bits per heavy atom. The van der Waals surface area contributed by atoms with Gasteiger partial charge in [0.05, 0.1) is 20.3 Å². The molecule has 0 bridgehead atoms. The van der Waals surface area contributed by atoms with Gasteiger partial charge in [-0.3, -0.25) is 4.79 Å². The molecule has 0 amide bonds. The largest absolute Gasteiger partial charge is 0.494 e. The Labute approximate surface area is 113 Å². The van der Waals surface area contributed by atoms with E-state index >= 15 is 0 Å². The SMILES string of the molecule is CCNC(CCOc1cccc(CO)c1)C(=O)OC. The third-order valence-corrected chi connectivity index (χ3v) is 2.69. The summed E-state index contributed by atoms with van der Waals surface area (Å²) in [5.41, 5.74) is 0.800. The van der Waals surface area contributed by atoms with Crippen molar-refractivity contribution in [2.75, 3.05) is 20.3 Å². The van der Waals surface area contributed by atoms with Crippen molar-refractivity contribution in [1.82, 2.24) is 5.32 Å². The van der Waals surface area contributed by atoms with Crippen molar-refractivity contribution in [3.63, 3.8) is 0 Å². The van der Waals surface area contributed by atoms with Crippen molar-refractivity contribution >= 4 is 5.97 Å². The second kappa shape index (κ2) is 8.50. The Hall–Kier alpha value is -1.59. The van der Waals surface area contributed by atoms with Crippen LogP contribution in [-0.2, 0) is 16.1 Å². The average Bonchev–Trinajstić information content (AvgIpc) is 2.45. The number of aliphatic hydroxyl groups excluding tert-OH is 1. The summed E-state index contributed by atoms with van der Waals surface area (Å²) in [6.45, 7) is 3.02. The van der Waals surface area contributed by atoms with Gasteiger partial charge in [-0.05, 0) is 24.2 Å². The molecule has 0 saturated carbocycles. The third-order valence-electron chi connectivity index (χ3n) is 2.69. The van der Waals surface area contributed by atoms with E-state index in [9.17, 15) is 4.79 Å². The second-order valence-corrected chi connectivity index (χ2v) is 4.08. The number of carbonyl (C=O) groups excluding carboxylic acids is 1. The summed E-state index contributed by atoms with van der Waals surface area (Å²) in [6.07, 6.45) is 0.532. The van der Waals surface area contributed by atoms with E-state index in [2.05, 4.69) is 5.32 Å². The molecule has 5 heteroatoms. The molecular weight excluding hydrogens is 246 g/mol. The predicted octanol–water partition coefficient (Wildman–Crippen LogP) is 1.10. The number of aliphatic hydroxyl groups is 1. The maximum Gasteiger partial charge on any atom is 0.322 e. The second-order valence-electron chi connectivity index (χ2n) is 4.08. The van der Waals surface area contributed by atoms with Gasteiger partial charge in [-0.1, -0.05) is 19.1 Å². The number of esters is 1. The molecule has 0 aliphatic heterocycles. The van der Waals surface area contributed by atoms with E-state index < -0.39 is 0 Å². The monoisotopic (exact) mass is 267 g/mol. The minimum Gasteiger partial charge on any atom is -0.494 e. The summed E-state index contributed by atoms with van der Waals surface area (Å²) < 4.78 is 10.3. The van der Waals surface area contributed by atoms with Crippen LogP contribution in [0.5, 0.6) is 5.75 Å². The first-order chi connectivity index (χ1) is 9.21. The predicted molar refractivity (Wildman–Crippen MR) is 72.0 cm³/mol. The summed E-state index contributed by atoms with van der Waals surface area (Å²) in [5.74, 6) is 0.404. The van der Waals surface area contributed by atoms with Crippen LogP contribution in [0.2, 0.25) is 0 Å². The molecule has 19 heavy (non-hydrogen) atoms. The Morgan fingerprint density at radius 3 is 2.89 bits per heavy atom. The van der Waals surface area contributed by atoms with Crippen LogP contribution in [0.4, 0.5) is 0 Å². The van der Waals surface area contributed by atoms with Crippen LogP contribution >= 0.6 is 0 Å². The van der Waals surface area contributed by atoms with Crippen LogP contribution in [0.1, 0.15) is 18.9 Å². The van der Waals surface area contributed by atoms with Gasteiger partial charge in [-0.15, -0.1) is 0 Å². The van der Waals surface area contributed by atoms with Gasteiger partial charge in [0.2, 0.25) is 0 Å². The molecule has 1 aromatic carbocycles.